The lowest BCUT2D eigenvalue weighted by Gasteiger charge is -2.09. The number of carbonyl (C=O) groups excluding carboxylic acids is 2. The molecule has 7 heteroatoms. The van der Waals surface area contributed by atoms with E-state index in [2.05, 4.69) is 15.5 Å². The summed E-state index contributed by atoms with van der Waals surface area (Å²) in [5, 5.41) is 11.5. The highest BCUT2D eigenvalue weighted by Gasteiger charge is 2.12. The monoisotopic (exact) mass is 366 g/mol. The Morgan fingerprint density at radius 1 is 1.15 bits per heavy atom. The standard InChI is InChI=1S/C19H18N4O2S/c1-13-6-3-4-9-17(13)23-12-20-22-19(23)26-11-18(25)21-16-8-5-7-15(10-16)14(2)24/h3-10,12H,11H2,1-2H3,(H,21,25). The van der Waals surface area contributed by atoms with Crippen molar-refractivity contribution >= 4 is 29.1 Å². The predicted octanol–water partition coefficient (Wildman–Crippen LogP) is 3.51. The highest BCUT2D eigenvalue weighted by Crippen LogP contribution is 2.22. The van der Waals surface area contributed by atoms with E-state index in [4.69, 9.17) is 0 Å². The van der Waals surface area contributed by atoms with Gasteiger partial charge in [-0.2, -0.15) is 0 Å². The van der Waals surface area contributed by atoms with Gasteiger partial charge in [0.15, 0.2) is 10.9 Å². The summed E-state index contributed by atoms with van der Waals surface area (Å²) in [6, 6.07) is 14.8. The molecule has 0 aliphatic rings. The maximum Gasteiger partial charge on any atom is 0.234 e. The Morgan fingerprint density at radius 3 is 2.73 bits per heavy atom. The van der Waals surface area contributed by atoms with E-state index in [9.17, 15) is 9.59 Å². The molecule has 3 rings (SSSR count). The first-order valence-corrected chi connectivity index (χ1v) is 9.03. The van der Waals surface area contributed by atoms with Gasteiger partial charge in [-0.1, -0.05) is 42.1 Å². The van der Waals surface area contributed by atoms with Crippen LogP contribution in [0.2, 0.25) is 0 Å². The number of benzene rings is 2. The highest BCUT2D eigenvalue weighted by molar-refractivity contribution is 7.99. The van der Waals surface area contributed by atoms with E-state index in [-0.39, 0.29) is 17.4 Å². The fourth-order valence-corrected chi connectivity index (χ4v) is 3.19. The average Bonchev–Trinajstić information content (AvgIpc) is 3.09. The van der Waals surface area contributed by atoms with Crippen LogP contribution in [0.3, 0.4) is 0 Å². The lowest BCUT2D eigenvalue weighted by molar-refractivity contribution is -0.113. The summed E-state index contributed by atoms with van der Waals surface area (Å²) in [5.74, 6) is -0.0219. The van der Waals surface area contributed by atoms with Crippen LogP contribution in [0.5, 0.6) is 0 Å². The molecule has 0 radical (unpaired) electrons. The molecule has 0 atom stereocenters. The average molecular weight is 366 g/mol. The molecule has 0 saturated heterocycles. The van der Waals surface area contributed by atoms with Crippen molar-refractivity contribution in [2.24, 2.45) is 0 Å². The Kier molecular flexibility index (Phi) is 5.48. The molecule has 132 valence electrons. The van der Waals surface area contributed by atoms with Crippen LogP contribution in [0.1, 0.15) is 22.8 Å². The zero-order chi connectivity index (χ0) is 18.5. The van der Waals surface area contributed by atoms with Crippen molar-refractivity contribution in [2.45, 2.75) is 19.0 Å². The van der Waals surface area contributed by atoms with Crippen molar-refractivity contribution in [3.05, 3.63) is 66.0 Å². The molecule has 0 saturated carbocycles. The van der Waals surface area contributed by atoms with E-state index in [1.165, 1.54) is 18.7 Å². The van der Waals surface area contributed by atoms with Gasteiger partial charge in [-0.15, -0.1) is 10.2 Å². The minimum absolute atomic E-state index is 0.0400. The largest absolute Gasteiger partial charge is 0.325 e. The van der Waals surface area contributed by atoms with E-state index in [0.717, 1.165) is 11.3 Å². The van der Waals surface area contributed by atoms with Crippen LogP contribution in [-0.4, -0.2) is 32.2 Å². The number of carbonyl (C=O) groups is 2. The van der Waals surface area contributed by atoms with Gasteiger partial charge in [-0.3, -0.25) is 14.2 Å². The molecule has 26 heavy (non-hydrogen) atoms. The van der Waals surface area contributed by atoms with Crippen LogP contribution in [0.4, 0.5) is 5.69 Å². The Balaban J connectivity index is 1.66. The van der Waals surface area contributed by atoms with Gasteiger partial charge in [0.2, 0.25) is 5.91 Å². The summed E-state index contributed by atoms with van der Waals surface area (Å²) >= 11 is 1.31. The van der Waals surface area contributed by atoms with Gasteiger partial charge >= 0.3 is 0 Å². The Hall–Kier alpha value is -2.93. The molecular weight excluding hydrogens is 348 g/mol. The summed E-state index contributed by atoms with van der Waals surface area (Å²) in [7, 11) is 0. The fourth-order valence-electron chi connectivity index (χ4n) is 2.46. The molecule has 0 spiro atoms. The molecule has 0 aliphatic carbocycles. The van der Waals surface area contributed by atoms with Crippen LogP contribution >= 0.6 is 11.8 Å². The zero-order valence-electron chi connectivity index (χ0n) is 14.5. The number of aryl methyl sites for hydroxylation is 1. The molecule has 0 aliphatic heterocycles. The van der Waals surface area contributed by atoms with Crippen LogP contribution in [0.25, 0.3) is 5.69 Å². The van der Waals surface area contributed by atoms with Gasteiger partial charge in [-0.05, 0) is 37.6 Å². The number of amides is 1. The molecule has 0 fully saturated rings. The molecule has 3 aromatic rings. The predicted molar refractivity (Wildman–Crippen MR) is 102 cm³/mol. The van der Waals surface area contributed by atoms with Crippen LogP contribution < -0.4 is 5.32 Å². The number of ketones is 1. The molecular formula is C19H18N4O2S. The van der Waals surface area contributed by atoms with Crippen molar-refractivity contribution in [2.75, 3.05) is 11.1 Å². The van der Waals surface area contributed by atoms with Crippen LogP contribution in [0, 0.1) is 6.92 Å². The second-order valence-corrected chi connectivity index (χ2v) is 6.69. The molecule has 1 aromatic heterocycles. The number of Topliss-reactive ketones (excluding diaryl/α,β-unsaturated/α-hetero) is 1. The van der Waals surface area contributed by atoms with Gasteiger partial charge in [0.25, 0.3) is 0 Å². The van der Waals surface area contributed by atoms with E-state index >= 15 is 0 Å². The number of anilines is 1. The highest BCUT2D eigenvalue weighted by atomic mass is 32.2. The second kappa shape index (κ2) is 7.97. The van der Waals surface area contributed by atoms with E-state index < -0.39 is 0 Å². The minimum atomic E-state index is -0.171. The molecule has 1 heterocycles. The van der Waals surface area contributed by atoms with E-state index in [1.807, 2.05) is 35.8 Å². The van der Waals surface area contributed by atoms with Crippen molar-refractivity contribution in [1.29, 1.82) is 0 Å². The number of para-hydroxylation sites is 1. The smallest absolute Gasteiger partial charge is 0.234 e. The van der Waals surface area contributed by atoms with Crippen LogP contribution in [-0.2, 0) is 4.79 Å². The maximum atomic E-state index is 12.2. The summed E-state index contributed by atoms with van der Waals surface area (Å²) in [6.45, 7) is 3.51. The number of nitrogens with one attached hydrogen (secondary N) is 1. The lowest BCUT2D eigenvalue weighted by atomic mass is 10.1. The number of hydrogen-bond donors (Lipinski definition) is 1. The Labute approximate surface area is 155 Å². The molecule has 1 N–H and O–H groups in total. The third-order valence-electron chi connectivity index (χ3n) is 3.78. The second-order valence-electron chi connectivity index (χ2n) is 5.74. The lowest BCUT2D eigenvalue weighted by Crippen LogP contribution is -2.15. The summed E-state index contributed by atoms with van der Waals surface area (Å²) in [6.07, 6.45) is 1.64. The zero-order valence-corrected chi connectivity index (χ0v) is 15.3. The fraction of sp³-hybridized carbons (Fsp3) is 0.158. The number of rotatable bonds is 6. The quantitative estimate of drug-likeness (QED) is 0.534. The number of nitrogens with zero attached hydrogens (tertiary/aromatic N) is 3. The Morgan fingerprint density at radius 2 is 1.96 bits per heavy atom. The summed E-state index contributed by atoms with van der Waals surface area (Å²) < 4.78 is 1.86. The summed E-state index contributed by atoms with van der Waals surface area (Å²) in [4.78, 5) is 23.7. The SMILES string of the molecule is CC(=O)c1cccc(NC(=O)CSc2nncn2-c2ccccc2C)c1. The minimum Gasteiger partial charge on any atom is -0.325 e. The molecule has 0 unspecified atom stereocenters. The van der Waals surface area contributed by atoms with Gasteiger partial charge in [0.1, 0.15) is 6.33 Å². The van der Waals surface area contributed by atoms with Gasteiger partial charge in [0, 0.05) is 11.3 Å². The van der Waals surface area contributed by atoms with Gasteiger partial charge in [0.05, 0.1) is 11.4 Å². The first-order valence-electron chi connectivity index (χ1n) is 8.04. The first-order chi connectivity index (χ1) is 12.5. The summed E-state index contributed by atoms with van der Waals surface area (Å²) in [5.41, 5.74) is 3.24. The molecule has 1 amide bonds. The van der Waals surface area contributed by atoms with Crippen molar-refractivity contribution in [3.8, 4) is 5.69 Å². The number of aromatic nitrogens is 3. The number of thioether (sulfide) groups is 1. The molecule has 2 aromatic carbocycles. The third-order valence-corrected chi connectivity index (χ3v) is 4.72. The van der Waals surface area contributed by atoms with Crippen molar-refractivity contribution in [3.63, 3.8) is 0 Å². The normalized spacial score (nSPS) is 10.5. The maximum absolute atomic E-state index is 12.2. The van der Waals surface area contributed by atoms with Crippen molar-refractivity contribution in [1.82, 2.24) is 14.8 Å². The first kappa shape index (κ1) is 17.9. The Bertz CT molecular complexity index is 952. The van der Waals surface area contributed by atoms with Crippen molar-refractivity contribution < 1.29 is 9.59 Å². The third kappa shape index (κ3) is 4.18. The molecule has 0 bridgehead atoms. The van der Waals surface area contributed by atoms with Crippen LogP contribution in [0.15, 0.2) is 60.0 Å². The van der Waals surface area contributed by atoms with E-state index in [1.54, 1.807) is 30.6 Å². The number of hydrogen-bond acceptors (Lipinski definition) is 5. The topological polar surface area (TPSA) is 76.9 Å². The van der Waals surface area contributed by atoms with Gasteiger partial charge < -0.3 is 5.32 Å². The van der Waals surface area contributed by atoms with E-state index in [0.29, 0.717) is 16.4 Å². The van der Waals surface area contributed by atoms with Gasteiger partial charge in [-0.25, -0.2) is 0 Å². The molecule has 6 nitrogen and oxygen atoms in total.